The van der Waals surface area contributed by atoms with Crippen LogP contribution in [-0.4, -0.2) is 17.3 Å². The highest BCUT2D eigenvalue weighted by atomic mass is 32.9. The molecule has 1 N–H and O–H groups in total. The molecule has 2 atom stereocenters. The Bertz CT molecular complexity index is 324. The molecular formula is C11H20NOPS3. The van der Waals surface area contributed by atoms with E-state index in [4.69, 9.17) is 28.5 Å². The highest BCUT2D eigenvalue weighted by Crippen LogP contribution is 2.58. The zero-order chi connectivity index (χ0) is 13.1. The van der Waals surface area contributed by atoms with Gasteiger partial charge in [-0.25, -0.2) is 0 Å². The first-order valence-electron chi connectivity index (χ1n) is 5.68. The number of thiocarbonyl (C=S) groups is 1. The summed E-state index contributed by atoms with van der Waals surface area (Å²) in [6.45, 7) is 6.90. The van der Waals surface area contributed by atoms with Gasteiger partial charge in [0.25, 0.3) is 0 Å². The predicted molar refractivity (Wildman–Crippen MR) is 87.1 cm³/mol. The van der Waals surface area contributed by atoms with Crippen molar-refractivity contribution < 1.29 is 4.52 Å². The van der Waals surface area contributed by atoms with E-state index >= 15 is 0 Å². The molecule has 0 heterocycles. The smallest absolute Gasteiger partial charge is 0.210 e. The van der Waals surface area contributed by atoms with Crippen molar-refractivity contribution >= 4 is 46.5 Å². The van der Waals surface area contributed by atoms with Gasteiger partial charge in [0.1, 0.15) is 0 Å². The van der Waals surface area contributed by atoms with Crippen molar-refractivity contribution in [3.63, 3.8) is 0 Å². The Morgan fingerprint density at radius 2 is 2.18 bits per heavy atom. The third-order valence-corrected chi connectivity index (χ3v) is 8.08. The molecule has 17 heavy (non-hydrogen) atoms. The van der Waals surface area contributed by atoms with Gasteiger partial charge in [-0.1, -0.05) is 44.4 Å². The minimum absolute atomic E-state index is 0.477. The summed E-state index contributed by atoms with van der Waals surface area (Å²) in [5, 5.41) is 3.50. The van der Waals surface area contributed by atoms with Gasteiger partial charge in [-0.15, -0.1) is 11.8 Å². The van der Waals surface area contributed by atoms with Crippen LogP contribution in [0, 0.1) is 11.8 Å². The maximum absolute atomic E-state index is 5.77. The minimum atomic E-state index is -2.07. The molecule has 0 saturated carbocycles. The van der Waals surface area contributed by atoms with E-state index in [0.29, 0.717) is 11.9 Å². The lowest BCUT2D eigenvalue weighted by atomic mass is 10.4. The molecule has 2 nitrogen and oxygen atoms in total. The van der Waals surface area contributed by atoms with E-state index in [0.717, 1.165) is 19.3 Å². The van der Waals surface area contributed by atoms with Gasteiger partial charge in [0, 0.05) is 18.1 Å². The van der Waals surface area contributed by atoms with Crippen molar-refractivity contribution in [2.45, 2.75) is 45.3 Å². The fourth-order valence-electron chi connectivity index (χ4n) is 0.904. The Hall–Kier alpha value is 0.410. The van der Waals surface area contributed by atoms with E-state index in [-0.39, 0.29) is 0 Å². The molecule has 0 aliphatic carbocycles. The average molecular weight is 309 g/mol. The molecule has 0 aliphatic rings. The first kappa shape index (κ1) is 17.4. The van der Waals surface area contributed by atoms with Gasteiger partial charge in [-0.2, -0.15) is 0 Å². The summed E-state index contributed by atoms with van der Waals surface area (Å²) in [4.78, 5) is 0. The second-order valence-electron chi connectivity index (χ2n) is 3.36. The van der Waals surface area contributed by atoms with Gasteiger partial charge in [0.05, 0.1) is 12.1 Å². The van der Waals surface area contributed by atoms with E-state index in [1.54, 1.807) is 11.4 Å². The van der Waals surface area contributed by atoms with Crippen molar-refractivity contribution in [3.8, 4) is 11.8 Å². The van der Waals surface area contributed by atoms with Gasteiger partial charge in [0.2, 0.25) is 5.62 Å². The van der Waals surface area contributed by atoms with Gasteiger partial charge in [-0.3, -0.25) is 0 Å². The van der Waals surface area contributed by atoms with Crippen LogP contribution in [0.1, 0.15) is 40.0 Å². The van der Waals surface area contributed by atoms with Crippen LogP contribution in [0.5, 0.6) is 0 Å². The first-order valence-corrected chi connectivity index (χ1v) is 10.4. The van der Waals surface area contributed by atoms with Crippen LogP contribution in [0.15, 0.2) is 0 Å². The molecule has 98 valence electrons. The zero-order valence-corrected chi connectivity index (χ0v) is 13.9. The fraction of sp³-hybridized carbons (Fsp3) is 0.727. The summed E-state index contributed by atoms with van der Waals surface area (Å²) in [5.41, 5.74) is -0.602. The van der Waals surface area contributed by atoms with Crippen LogP contribution in [0.3, 0.4) is 0 Å². The van der Waals surface area contributed by atoms with E-state index in [1.807, 2.05) is 6.92 Å². The maximum Gasteiger partial charge on any atom is 0.210 e. The lowest BCUT2D eigenvalue weighted by Crippen LogP contribution is -2.09. The summed E-state index contributed by atoms with van der Waals surface area (Å²) in [6.07, 6.45) is 2.68. The second-order valence-corrected chi connectivity index (χ2v) is 10.5. The molecule has 0 bridgehead atoms. The zero-order valence-electron chi connectivity index (χ0n) is 10.6. The maximum atomic E-state index is 5.77. The van der Waals surface area contributed by atoms with Crippen molar-refractivity contribution in [2.75, 3.05) is 6.61 Å². The SMILES string of the molecule is CCC#CCCOP(=S)(NC=S)SC(C)CC. The molecule has 0 spiro atoms. The lowest BCUT2D eigenvalue weighted by Gasteiger charge is -2.23. The number of hydrogen-bond acceptors (Lipinski definition) is 4. The normalized spacial score (nSPS) is 15.2. The number of nitrogens with one attached hydrogen (secondary N) is 1. The molecule has 0 aromatic rings. The predicted octanol–water partition coefficient (Wildman–Crippen LogP) is 4.11. The van der Waals surface area contributed by atoms with Crippen LogP contribution in [0.25, 0.3) is 0 Å². The quantitative estimate of drug-likeness (QED) is 0.314. The van der Waals surface area contributed by atoms with E-state index in [1.165, 1.54) is 5.49 Å². The van der Waals surface area contributed by atoms with Crippen molar-refractivity contribution in [2.24, 2.45) is 0 Å². The highest BCUT2D eigenvalue weighted by molar-refractivity contribution is 8.69. The first-order chi connectivity index (χ1) is 8.08. The molecule has 0 fully saturated rings. The number of hydrogen-bond donors (Lipinski definition) is 1. The van der Waals surface area contributed by atoms with E-state index < -0.39 is 5.62 Å². The Morgan fingerprint density at radius 3 is 2.71 bits per heavy atom. The Balaban J connectivity index is 4.21. The summed E-state index contributed by atoms with van der Waals surface area (Å²) >= 11 is 12.0. The number of rotatable bonds is 8. The average Bonchev–Trinajstić information content (AvgIpc) is 2.29. The molecule has 2 unspecified atom stereocenters. The van der Waals surface area contributed by atoms with Crippen LogP contribution in [0.4, 0.5) is 0 Å². The molecule has 6 heteroatoms. The van der Waals surface area contributed by atoms with E-state index in [9.17, 15) is 0 Å². The molecule has 0 saturated heterocycles. The Labute approximate surface area is 120 Å². The molecule has 0 radical (unpaired) electrons. The summed E-state index contributed by atoms with van der Waals surface area (Å²) in [5.74, 6) is 6.05. The summed E-state index contributed by atoms with van der Waals surface area (Å²) in [7, 11) is 0. The largest absolute Gasteiger partial charge is 0.326 e. The molecule has 0 aromatic heterocycles. The second kappa shape index (κ2) is 10.3. The minimum Gasteiger partial charge on any atom is -0.326 e. The lowest BCUT2D eigenvalue weighted by molar-refractivity contribution is 0.368. The molecule has 0 aliphatic heterocycles. The van der Waals surface area contributed by atoms with Crippen LogP contribution >= 0.6 is 29.2 Å². The van der Waals surface area contributed by atoms with Crippen LogP contribution in [0.2, 0.25) is 0 Å². The fourth-order valence-corrected chi connectivity index (χ4v) is 7.35. The Morgan fingerprint density at radius 1 is 1.47 bits per heavy atom. The van der Waals surface area contributed by atoms with Gasteiger partial charge >= 0.3 is 0 Å². The van der Waals surface area contributed by atoms with Crippen molar-refractivity contribution in [1.82, 2.24) is 5.09 Å². The summed E-state index contributed by atoms with van der Waals surface area (Å²) in [6, 6.07) is 0. The van der Waals surface area contributed by atoms with Crippen LogP contribution < -0.4 is 5.09 Å². The van der Waals surface area contributed by atoms with Crippen molar-refractivity contribution in [3.05, 3.63) is 0 Å². The van der Waals surface area contributed by atoms with Crippen molar-refractivity contribution in [1.29, 1.82) is 0 Å². The standard InChI is InChI=1S/C11H20NOPS3/c1-4-6-7-8-9-13-14(16,12-10-15)17-11(3)5-2/h10-11H,4-5,8-9H2,1-3H3,(H,12,15,16). The Kier molecular flexibility index (Phi) is 10.6. The third kappa shape index (κ3) is 9.04. The monoisotopic (exact) mass is 309 g/mol. The van der Waals surface area contributed by atoms with Crippen LogP contribution in [-0.2, 0) is 16.3 Å². The van der Waals surface area contributed by atoms with Gasteiger partial charge in [0.15, 0.2) is 0 Å². The summed E-state index contributed by atoms with van der Waals surface area (Å²) < 4.78 is 5.77. The van der Waals surface area contributed by atoms with Gasteiger partial charge in [-0.05, 0) is 18.2 Å². The molecular weight excluding hydrogens is 289 g/mol. The molecule has 0 rings (SSSR count). The third-order valence-electron chi connectivity index (χ3n) is 1.89. The van der Waals surface area contributed by atoms with Gasteiger partial charge < -0.3 is 9.61 Å². The molecule has 0 amide bonds. The topological polar surface area (TPSA) is 21.3 Å². The van der Waals surface area contributed by atoms with E-state index in [2.05, 4.69) is 30.8 Å². The molecule has 0 aromatic carbocycles. The highest BCUT2D eigenvalue weighted by Gasteiger charge is 2.19.